The fourth-order valence-corrected chi connectivity index (χ4v) is 3.42. The van der Waals surface area contributed by atoms with Crippen LogP contribution in [0, 0.1) is 10.1 Å². The van der Waals surface area contributed by atoms with Crippen molar-refractivity contribution in [1.82, 2.24) is 5.32 Å². The molecular weight excluding hydrogens is 384 g/mol. The maximum atomic E-state index is 12.5. The predicted octanol–water partition coefficient (Wildman–Crippen LogP) is 4.68. The van der Waals surface area contributed by atoms with E-state index in [4.69, 9.17) is 4.74 Å². The van der Waals surface area contributed by atoms with Crippen LogP contribution in [0.5, 0.6) is 5.75 Å². The van der Waals surface area contributed by atoms with E-state index in [1.54, 1.807) is 18.2 Å². The van der Waals surface area contributed by atoms with Gasteiger partial charge < -0.3 is 10.1 Å². The Morgan fingerprint density at radius 1 is 1.10 bits per heavy atom. The number of ether oxygens (including phenoxy) is 1. The molecule has 0 bridgehead atoms. The SMILES string of the molecule is CCCC(=O)N[C@H](c1cccc([N+](=O)[O-])c1)c1c(OC(C)=O)ccc2ccccc12. The minimum absolute atomic E-state index is 0.0866. The zero-order valence-corrected chi connectivity index (χ0v) is 16.8. The van der Waals surface area contributed by atoms with Crippen LogP contribution in [0.3, 0.4) is 0 Å². The standard InChI is InChI=1S/C23H22N2O5/c1-3-7-21(27)24-23(17-9-6-10-18(14-17)25(28)29)22-19-11-5-4-8-16(19)12-13-20(22)30-15(2)26/h4-6,8-14,23H,3,7H2,1-2H3,(H,24,27)/t23-/m1/s1. The first-order chi connectivity index (χ1) is 14.4. The van der Waals surface area contributed by atoms with Crippen molar-refractivity contribution in [3.8, 4) is 5.75 Å². The lowest BCUT2D eigenvalue weighted by atomic mass is 9.92. The van der Waals surface area contributed by atoms with Crippen LogP contribution in [0.25, 0.3) is 10.8 Å². The van der Waals surface area contributed by atoms with Gasteiger partial charge in [0, 0.05) is 31.0 Å². The molecule has 7 heteroatoms. The molecule has 30 heavy (non-hydrogen) atoms. The van der Waals surface area contributed by atoms with E-state index in [-0.39, 0.29) is 11.6 Å². The average Bonchev–Trinajstić information content (AvgIpc) is 2.72. The van der Waals surface area contributed by atoms with Gasteiger partial charge in [-0.2, -0.15) is 0 Å². The van der Waals surface area contributed by atoms with Gasteiger partial charge in [-0.1, -0.05) is 49.4 Å². The lowest BCUT2D eigenvalue weighted by Crippen LogP contribution is -2.29. The van der Waals surface area contributed by atoms with Crippen molar-refractivity contribution in [1.29, 1.82) is 0 Å². The Bertz CT molecular complexity index is 1110. The van der Waals surface area contributed by atoms with Gasteiger partial charge in [0.1, 0.15) is 5.75 Å². The Morgan fingerprint density at radius 3 is 2.57 bits per heavy atom. The average molecular weight is 406 g/mol. The lowest BCUT2D eigenvalue weighted by Gasteiger charge is -2.23. The highest BCUT2D eigenvalue weighted by Gasteiger charge is 2.25. The molecule has 1 amide bonds. The summed E-state index contributed by atoms with van der Waals surface area (Å²) in [6.45, 7) is 3.20. The highest BCUT2D eigenvalue weighted by atomic mass is 16.6. The van der Waals surface area contributed by atoms with Crippen LogP contribution in [0.15, 0.2) is 60.7 Å². The summed E-state index contributed by atoms with van der Waals surface area (Å²) in [6.07, 6.45) is 0.957. The molecule has 154 valence electrons. The van der Waals surface area contributed by atoms with E-state index in [1.807, 2.05) is 37.3 Å². The first kappa shape index (κ1) is 21.0. The molecule has 0 unspecified atom stereocenters. The molecule has 0 heterocycles. The van der Waals surface area contributed by atoms with Gasteiger partial charge in [-0.05, 0) is 28.8 Å². The number of nitro benzene ring substituents is 1. The second-order valence-corrected chi connectivity index (χ2v) is 6.89. The molecule has 7 nitrogen and oxygen atoms in total. The fraction of sp³-hybridized carbons (Fsp3) is 0.217. The van der Waals surface area contributed by atoms with Gasteiger partial charge in [0.05, 0.1) is 11.0 Å². The van der Waals surface area contributed by atoms with E-state index in [2.05, 4.69) is 5.32 Å². The minimum Gasteiger partial charge on any atom is -0.426 e. The monoisotopic (exact) mass is 406 g/mol. The number of carbonyl (C=O) groups excluding carboxylic acids is 2. The van der Waals surface area contributed by atoms with Gasteiger partial charge in [-0.15, -0.1) is 0 Å². The van der Waals surface area contributed by atoms with Crippen LogP contribution in [0.1, 0.15) is 43.9 Å². The molecule has 0 fully saturated rings. The van der Waals surface area contributed by atoms with Crippen LogP contribution in [-0.2, 0) is 9.59 Å². The Hall–Kier alpha value is -3.74. The van der Waals surface area contributed by atoms with E-state index in [9.17, 15) is 19.7 Å². The van der Waals surface area contributed by atoms with E-state index in [0.717, 1.165) is 10.8 Å². The summed E-state index contributed by atoms with van der Waals surface area (Å²) >= 11 is 0. The molecular formula is C23H22N2O5. The summed E-state index contributed by atoms with van der Waals surface area (Å²) in [4.78, 5) is 35.1. The Kier molecular flexibility index (Phi) is 6.41. The lowest BCUT2D eigenvalue weighted by molar-refractivity contribution is -0.384. The summed E-state index contributed by atoms with van der Waals surface area (Å²) in [7, 11) is 0. The number of hydrogen-bond acceptors (Lipinski definition) is 5. The zero-order chi connectivity index (χ0) is 21.7. The first-order valence-corrected chi connectivity index (χ1v) is 9.64. The number of hydrogen-bond donors (Lipinski definition) is 1. The van der Waals surface area contributed by atoms with Crippen LogP contribution in [0.2, 0.25) is 0 Å². The molecule has 0 aromatic heterocycles. The van der Waals surface area contributed by atoms with E-state index < -0.39 is 16.9 Å². The number of esters is 1. The molecule has 1 atom stereocenters. The molecule has 3 aromatic rings. The number of non-ortho nitro benzene ring substituents is 1. The highest BCUT2D eigenvalue weighted by molar-refractivity contribution is 5.90. The zero-order valence-electron chi connectivity index (χ0n) is 16.8. The molecule has 3 aromatic carbocycles. The van der Waals surface area contributed by atoms with Gasteiger partial charge in [0.25, 0.3) is 5.69 Å². The topological polar surface area (TPSA) is 98.5 Å². The van der Waals surface area contributed by atoms with Gasteiger partial charge in [0.2, 0.25) is 5.91 Å². The number of nitro groups is 1. The van der Waals surface area contributed by atoms with E-state index in [1.165, 1.54) is 19.1 Å². The third-order valence-corrected chi connectivity index (χ3v) is 4.67. The molecule has 0 aliphatic heterocycles. The molecule has 0 radical (unpaired) electrons. The van der Waals surface area contributed by atoms with Crippen molar-refractivity contribution in [2.45, 2.75) is 32.7 Å². The van der Waals surface area contributed by atoms with E-state index >= 15 is 0 Å². The van der Waals surface area contributed by atoms with Crippen molar-refractivity contribution < 1.29 is 19.2 Å². The van der Waals surface area contributed by atoms with Crippen molar-refractivity contribution in [2.75, 3.05) is 0 Å². The Morgan fingerprint density at radius 2 is 1.87 bits per heavy atom. The molecule has 3 rings (SSSR count). The van der Waals surface area contributed by atoms with Gasteiger partial charge in [-0.25, -0.2) is 0 Å². The molecule has 0 spiro atoms. The van der Waals surface area contributed by atoms with Crippen LogP contribution >= 0.6 is 0 Å². The summed E-state index contributed by atoms with van der Waals surface area (Å²) in [5.41, 5.74) is 1.02. The summed E-state index contributed by atoms with van der Waals surface area (Å²) < 4.78 is 5.45. The number of carbonyl (C=O) groups is 2. The number of nitrogens with one attached hydrogen (secondary N) is 1. The van der Waals surface area contributed by atoms with Crippen LogP contribution < -0.4 is 10.1 Å². The number of amides is 1. The summed E-state index contributed by atoms with van der Waals surface area (Å²) in [5, 5.41) is 16.0. The maximum Gasteiger partial charge on any atom is 0.308 e. The maximum absolute atomic E-state index is 12.5. The number of rotatable bonds is 7. The molecule has 0 aliphatic carbocycles. The minimum atomic E-state index is -0.732. The van der Waals surface area contributed by atoms with Crippen molar-refractivity contribution >= 4 is 28.3 Å². The predicted molar refractivity (Wildman–Crippen MR) is 113 cm³/mol. The number of benzene rings is 3. The first-order valence-electron chi connectivity index (χ1n) is 9.64. The quantitative estimate of drug-likeness (QED) is 0.266. The van der Waals surface area contributed by atoms with E-state index in [0.29, 0.717) is 29.7 Å². The Labute approximate surface area is 173 Å². The third kappa shape index (κ3) is 4.63. The Balaban J connectivity index is 2.26. The number of nitrogens with zero attached hydrogens (tertiary/aromatic N) is 1. The second kappa shape index (κ2) is 9.17. The second-order valence-electron chi connectivity index (χ2n) is 6.89. The van der Waals surface area contributed by atoms with Crippen LogP contribution in [-0.4, -0.2) is 16.8 Å². The third-order valence-electron chi connectivity index (χ3n) is 4.67. The van der Waals surface area contributed by atoms with Crippen LogP contribution in [0.4, 0.5) is 5.69 Å². The van der Waals surface area contributed by atoms with Crippen molar-refractivity contribution in [3.63, 3.8) is 0 Å². The van der Waals surface area contributed by atoms with Gasteiger partial charge in [-0.3, -0.25) is 19.7 Å². The number of fused-ring (bicyclic) bond motifs is 1. The fourth-order valence-electron chi connectivity index (χ4n) is 3.42. The largest absolute Gasteiger partial charge is 0.426 e. The normalized spacial score (nSPS) is 11.7. The van der Waals surface area contributed by atoms with Gasteiger partial charge in [0.15, 0.2) is 0 Å². The highest BCUT2D eigenvalue weighted by Crippen LogP contribution is 2.37. The molecule has 0 saturated heterocycles. The summed E-state index contributed by atoms with van der Waals surface area (Å²) in [6, 6.07) is 16.4. The van der Waals surface area contributed by atoms with Crippen molar-refractivity contribution in [2.24, 2.45) is 0 Å². The van der Waals surface area contributed by atoms with Gasteiger partial charge >= 0.3 is 5.97 Å². The molecule has 1 N–H and O–H groups in total. The molecule has 0 aliphatic rings. The smallest absolute Gasteiger partial charge is 0.308 e. The molecule has 0 saturated carbocycles. The van der Waals surface area contributed by atoms with Crippen molar-refractivity contribution in [3.05, 3.63) is 81.9 Å². The summed E-state index contributed by atoms with van der Waals surface area (Å²) in [5.74, 6) is -0.394.